The molecule has 1 amide bonds. The molecule has 0 saturated heterocycles. The van der Waals surface area contributed by atoms with Crippen LogP contribution in [0.4, 0.5) is 0 Å². The highest BCUT2D eigenvalue weighted by Crippen LogP contribution is 2.28. The Balaban J connectivity index is 1.63. The van der Waals surface area contributed by atoms with Crippen molar-refractivity contribution in [3.05, 3.63) is 72.6 Å². The molecule has 0 aliphatic carbocycles. The molecule has 0 saturated carbocycles. The Morgan fingerprint density at radius 3 is 2.82 bits per heavy atom. The van der Waals surface area contributed by atoms with Crippen molar-refractivity contribution >= 4 is 23.0 Å². The summed E-state index contributed by atoms with van der Waals surface area (Å²) >= 11 is 0. The van der Waals surface area contributed by atoms with Crippen LogP contribution in [0.2, 0.25) is 0 Å². The third kappa shape index (κ3) is 4.40. The van der Waals surface area contributed by atoms with Gasteiger partial charge in [0, 0.05) is 13.1 Å². The number of aromatic nitrogens is 2. The second-order valence-electron chi connectivity index (χ2n) is 6.14. The maximum Gasteiger partial charge on any atom is 0.244 e. The fourth-order valence-electron chi connectivity index (χ4n) is 2.81. The van der Waals surface area contributed by atoms with Crippen molar-refractivity contribution in [1.29, 1.82) is 0 Å². The molecule has 0 spiro atoms. The summed E-state index contributed by atoms with van der Waals surface area (Å²) in [5, 5.41) is 2.86. The van der Waals surface area contributed by atoms with Crippen molar-refractivity contribution in [1.82, 2.24) is 14.9 Å². The second-order valence-corrected chi connectivity index (χ2v) is 6.14. The zero-order valence-corrected chi connectivity index (χ0v) is 16.0. The number of hydrogen-bond acceptors (Lipinski definition) is 4. The van der Waals surface area contributed by atoms with Gasteiger partial charge < -0.3 is 19.4 Å². The van der Waals surface area contributed by atoms with Gasteiger partial charge in [0.05, 0.1) is 24.7 Å². The van der Waals surface area contributed by atoms with E-state index in [0.29, 0.717) is 24.7 Å². The summed E-state index contributed by atoms with van der Waals surface area (Å²) in [4.78, 5) is 16.7. The fourth-order valence-corrected chi connectivity index (χ4v) is 2.81. The number of hydrogen-bond donors (Lipinski definition) is 1. The van der Waals surface area contributed by atoms with Crippen LogP contribution in [0.3, 0.4) is 0 Å². The molecular formula is C22H23N3O3. The first-order chi connectivity index (χ1) is 13.6. The Hall–Kier alpha value is -3.54. The van der Waals surface area contributed by atoms with Crippen LogP contribution < -0.4 is 14.8 Å². The van der Waals surface area contributed by atoms with E-state index in [1.807, 2.05) is 48.0 Å². The number of benzene rings is 2. The average molecular weight is 377 g/mol. The number of aryl methyl sites for hydroxylation is 1. The van der Waals surface area contributed by atoms with Crippen LogP contribution in [0, 0.1) is 0 Å². The first kappa shape index (κ1) is 19.2. The number of nitrogens with zero attached hydrogens (tertiary/aromatic N) is 2. The minimum Gasteiger partial charge on any atom is -0.493 e. The fraction of sp³-hybridized carbons (Fsp3) is 0.182. The smallest absolute Gasteiger partial charge is 0.244 e. The monoisotopic (exact) mass is 377 g/mol. The molecule has 1 aromatic heterocycles. The van der Waals surface area contributed by atoms with Crippen LogP contribution in [-0.2, 0) is 18.4 Å². The van der Waals surface area contributed by atoms with Gasteiger partial charge >= 0.3 is 0 Å². The predicted octanol–water partition coefficient (Wildman–Crippen LogP) is 3.48. The average Bonchev–Trinajstić information content (AvgIpc) is 3.05. The number of para-hydroxylation sites is 2. The lowest BCUT2D eigenvalue weighted by molar-refractivity contribution is -0.116. The van der Waals surface area contributed by atoms with Gasteiger partial charge in [-0.05, 0) is 35.9 Å². The Bertz CT molecular complexity index is 1020. The van der Waals surface area contributed by atoms with Gasteiger partial charge in [-0.15, -0.1) is 0 Å². The zero-order chi connectivity index (χ0) is 19.9. The lowest BCUT2D eigenvalue weighted by Crippen LogP contribution is -2.22. The maximum atomic E-state index is 12.2. The summed E-state index contributed by atoms with van der Waals surface area (Å²) in [6.45, 7) is 4.38. The number of carbonyl (C=O) groups excluding carboxylic acids is 1. The van der Waals surface area contributed by atoms with Crippen molar-refractivity contribution in [2.45, 2.75) is 6.54 Å². The molecule has 0 unspecified atom stereocenters. The molecule has 0 aliphatic rings. The number of imidazole rings is 1. The van der Waals surface area contributed by atoms with Gasteiger partial charge in [-0.1, -0.05) is 30.9 Å². The lowest BCUT2D eigenvalue weighted by atomic mass is 10.2. The summed E-state index contributed by atoms with van der Waals surface area (Å²) in [6, 6.07) is 13.3. The Labute approximate surface area is 164 Å². The number of rotatable bonds is 8. The first-order valence-corrected chi connectivity index (χ1v) is 8.90. The molecule has 144 valence electrons. The Morgan fingerprint density at radius 2 is 2.07 bits per heavy atom. The molecule has 0 bridgehead atoms. The standard InChI is InChI=1S/C22H23N3O3/c1-4-13-28-19-11-9-16(14-20(19)27-3)10-12-22(26)23-15-21-24-17-7-5-6-8-18(17)25(21)2/h4-12,14H,1,13,15H2,2-3H3,(H,23,26)/b12-10+. The molecule has 3 rings (SSSR count). The summed E-state index contributed by atoms with van der Waals surface area (Å²) < 4.78 is 12.8. The van der Waals surface area contributed by atoms with E-state index in [9.17, 15) is 4.79 Å². The molecule has 0 aliphatic heterocycles. The molecule has 1 N–H and O–H groups in total. The molecule has 3 aromatic rings. The molecule has 0 fully saturated rings. The van der Waals surface area contributed by atoms with E-state index in [1.165, 1.54) is 6.08 Å². The summed E-state index contributed by atoms with van der Waals surface area (Å²) in [6.07, 6.45) is 4.88. The Morgan fingerprint density at radius 1 is 1.25 bits per heavy atom. The van der Waals surface area contributed by atoms with Gasteiger partial charge in [0.15, 0.2) is 11.5 Å². The third-order valence-corrected chi connectivity index (χ3v) is 4.27. The number of methoxy groups -OCH3 is 1. The number of fused-ring (bicyclic) bond motifs is 1. The van der Waals surface area contributed by atoms with E-state index in [2.05, 4.69) is 16.9 Å². The van der Waals surface area contributed by atoms with Crippen molar-refractivity contribution in [3.63, 3.8) is 0 Å². The molecule has 0 atom stereocenters. The van der Waals surface area contributed by atoms with E-state index in [4.69, 9.17) is 9.47 Å². The van der Waals surface area contributed by atoms with Crippen molar-refractivity contribution in [3.8, 4) is 11.5 Å². The largest absolute Gasteiger partial charge is 0.493 e. The van der Waals surface area contributed by atoms with E-state index >= 15 is 0 Å². The highest BCUT2D eigenvalue weighted by Gasteiger charge is 2.08. The van der Waals surface area contributed by atoms with Gasteiger partial charge in [0.1, 0.15) is 12.4 Å². The van der Waals surface area contributed by atoms with Gasteiger partial charge in [0.2, 0.25) is 5.91 Å². The zero-order valence-electron chi connectivity index (χ0n) is 16.0. The molecule has 2 aromatic carbocycles. The highest BCUT2D eigenvalue weighted by atomic mass is 16.5. The van der Waals surface area contributed by atoms with Crippen LogP contribution in [0.5, 0.6) is 11.5 Å². The maximum absolute atomic E-state index is 12.2. The van der Waals surface area contributed by atoms with Crippen LogP contribution in [-0.4, -0.2) is 29.2 Å². The topological polar surface area (TPSA) is 65.4 Å². The summed E-state index contributed by atoms with van der Waals surface area (Å²) in [5.74, 6) is 1.83. The predicted molar refractivity (Wildman–Crippen MR) is 110 cm³/mol. The third-order valence-electron chi connectivity index (χ3n) is 4.27. The summed E-state index contributed by atoms with van der Waals surface area (Å²) in [5.41, 5.74) is 2.78. The van der Waals surface area contributed by atoms with Gasteiger partial charge in [0.25, 0.3) is 0 Å². The highest BCUT2D eigenvalue weighted by molar-refractivity contribution is 5.91. The van der Waals surface area contributed by atoms with Crippen LogP contribution in [0.1, 0.15) is 11.4 Å². The molecular weight excluding hydrogens is 354 g/mol. The second kappa shape index (κ2) is 8.90. The first-order valence-electron chi connectivity index (χ1n) is 8.90. The van der Waals surface area contributed by atoms with Gasteiger partial charge in [-0.3, -0.25) is 4.79 Å². The molecule has 6 heteroatoms. The SMILES string of the molecule is C=CCOc1ccc(/C=C/C(=O)NCc2nc3ccccc3n2C)cc1OC. The number of nitrogens with one attached hydrogen (secondary N) is 1. The van der Waals surface area contributed by atoms with Crippen molar-refractivity contribution in [2.75, 3.05) is 13.7 Å². The van der Waals surface area contributed by atoms with Crippen LogP contribution >= 0.6 is 0 Å². The van der Waals surface area contributed by atoms with E-state index in [-0.39, 0.29) is 5.91 Å². The van der Waals surface area contributed by atoms with E-state index < -0.39 is 0 Å². The number of carbonyl (C=O) groups is 1. The lowest BCUT2D eigenvalue weighted by Gasteiger charge is -2.09. The minimum atomic E-state index is -0.196. The molecule has 0 radical (unpaired) electrons. The van der Waals surface area contributed by atoms with Crippen LogP contribution in [0.15, 0.2) is 61.2 Å². The van der Waals surface area contributed by atoms with Crippen LogP contribution in [0.25, 0.3) is 17.1 Å². The minimum absolute atomic E-state index is 0.196. The summed E-state index contributed by atoms with van der Waals surface area (Å²) in [7, 11) is 3.52. The quantitative estimate of drug-likeness (QED) is 0.482. The molecule has 6 nitrogen and oxygen atoms in total. The number of amides is 1. The van der Waals surface area contributed by atoms with Crippen molar-refractivity contribution in [2.24, 2.45) is 7.05 Å². The van der Waals surface area contributed by atoms with E-state index in [0.717, 1.165) is 22.4 Å². The van der Waals surface area contributed by atoms with Crippen molar-refractivity contribution < 1.29 is 14.3 Å². The number of ether oxygens (including phenoxy) is 2. The molecule has 28 heavy (non-hydrogen) atoms. The van der Waals surface area contributed by atoms with Gasteiger partial charge in [-0.25, -0.2) is 4.98 Å². The molecule has 1 heterocycles. The van der Waals surface area contributed by atoms with E-state index in [1.54, 1.807) is 25.3 Å². The normalized spacial score (nSPS) is 10.9. The van der Waals surface area contributed by atoms with Gasteiger partial charge in [-0.2, -0.15) is 0 Å². The Kier molecular flexibility index (Phi) is 6.11.